The normalized spacial score (nSPS) is 13.4. The standard InChI is InChI=1S/C28H40NP/c1-8-9-21-30(22-11-10-20-29,25-16-12-23(13-17-25)27(2,3)4)26-18-14-24(15-19-26)28(5,6)7/h8-9,12-19,30H,10-11,21-22H2,1-7H3. The van der Waals surface area contributed by atoms with Crippen molar-refractivity contribution in [2.75, 3.05) is 12.3 Å². The van der Waals surface area contributed by atoms with Gasteiger partial charge in [-0.1, -0.05) is 0 Å². The molecule has 0 unspecified atom stereocenters. The van der Waals surface area contributed by atoms with E-state index in [1.807, 2.05) is 0 Å². The number of hydrogen-bond acceptors (Lipinski definition) is 1. The van der Waals surface area contributed by atoms with Crippen molar-refractivity contribution in [3.05, 3.63) is 71.8 Å². The monoisotopic (exact) mass is 421 g/mol. The van der Waals surface area contributed by atoms with Crippen molar-refractivity contribution in [3.8, 4) is 6.07 Å². The molecule has 0 heterocycles. The Morgan fingerprint density at radius 1 is 0.800 bits per heavy atom. The number of allylic oxidation sites excluding steroid dienone is 2. The second-order valence-electron chi connectivity index (χ2n) is 10.5. The molecule has 0 fully saturated rings. The maximum absolute atomic E-state index is 9.18. The second-order valence-corrected chi connectivity index (χ2v) is 14.7. The summed E-state index contributed by atoms with van der Waals surface area (Å²) in [6.07, 6.45) is 8.30. The van der Waals surface area contributed by atoms with Gasteiger partial charge in [0.15, 0.2) is 0 Å². The van der Waals surface area contributed by atoms with Crippen LogP contribution < -0.4 is 10.6 Å². The van der Waals surface area contributed by atoms with E-state index in [9.17, 15) is 5.26 Å². The van der Waals surface area contributed by atoms with E-state index < -0.39 is 7.26 Å². The quantitative estimate of drug-likeness (QED) is 0.272. The number of benzene rings is 2. The SMILES string of the molecule is CC=CC[PH](CCCC#N)(c1ccc(C(C)(C)C)cc1)c1ccc(C(C)(C)C)cc1. The molecule has 0 atom stereocenters. The van der Waals surface area contributed by atoms with Crippen LogP contribution >= 0.6 is 7.26 Å². The number of unbranched alkanes of at least 4 members (excludes halogenated alkanes) is 1. The Kier molecular flexibility index (Phi) is 8.07. The van der Waals surface area contributed by atoms with Gasteiger partial charge in [0.2, 0.25) is 0 Å². The topological polar surface area (TPSA) is 23.8 Å². The van der Waals surface area contributed by atoms with Gasteiger partial charge < -0.3 is 0 Å². The first kappa shape index (κ1) is 24.4. The van der Waals surface area contributed by atoms with Crippen molar-refractivity contribution in [2.45, 2.75) is 72.1 Å². The molecule has 0 N–H and O–H groups in total. The first-order chi connectivity index (χ1) is 14.0. The van der Waals surface area contributed by atoms with Crippen LogP contribution in [0.25, 0.3) is 0 Å². The summed E-state index contributed by atoms with van der Waals surface area (Å²) in [5, 5.41) is 12.1. The van der Waals surface area contributed by atoms with E-state index in [4.69, 9.17) is 0 Å². The van der Waals surface area contributed by atoms with E-state index in [1.54, 1.807) is 0 Å². The third-order valence-corrected chi connectivity index (χ3v) is 11.2. The Balaban J connectivity index is 2.61. The molecule has 162 valence electrons. The van der Waals surface area contributed by atoms with Crippen molar-refractivity contribution < 1.29 is 0 Å². The van der Waals surface area contributed by atoms with E-state index in [0.29, 0.717) is 6.42 Å². The molecule has 0 aromatic heterocycles. The van der Waals surface area contributed by atoms with Crippen LogP contribution in [0.3, 0.4) is 0 Å². The fourth-order valence-electron chi connectivity index (χ4n) is 4.16. The zero-order valence-electron chi connectivity index (χ0n) is 20.0. The minimum atomic E-state index is -2.01. The second kappa shape index (κ2) is 9.94. The van der Waals surface area contributed by atoms with Crippen molar-refractivity contribution in [1.82, 2.24) is 0 Å². The molecule has 0 radical (unpaired) electrons. The first-order valence-electron chi connectivity index (χ1n) is 11.2. The van der Waals surface area contributed by atoms with Crippen molar-refractivity contribution >= 4 is 17.9 Å². The van der Waals surface area contributed by atoms with E-state index in [2.05, 4.69) is 115 Å². The van der Waals surface area contributed by atoms with E-state index in [0.717, 1.165) is 18.7 Å². The average molecular weight is 422 g/mol. The summed E-state index contributed by atoms with van der Waals surface area (Å²) >= 11 is 0. The fraction of sp³-hybridized carbons (Fsp3) is 0.464. The van der Waals surface area contributed by atoms with Crippen molar-refractivity contribution in [3.63, 3.8) is 0 Å². The molecule has 1 nitrogen and oxygen atoms in total. The summed E-state index contributed by atoms with van der Waals surface area (Å²) in [7, 11) is -2.01. The number of hydrogen-bond donors (Lipinski definition) is 0. The van der Waals surface area contributed by atoms with Gasteiger partial charge in [0.25, 0.3) is 0 Å². The van der Waals surface area contributed by atoms with Gasteiger partial charge in [0, 0.05) is 0 Å². The molecule has 2 aromatic rings. The van der Waals surface area contributed by atoms with E-state index >= 15 is 0 Å². The Labute approximate surface area is 185 Å². The van der Waals surface area contributed by atoms with Crippen LogP contribution in [0.4, 0.5) is 0 Å². The number of rotatable bonds is 7. The van der Waals surface area contributed by atoms with Gasteiger partial charge in [-0.15, -0.1) is 0 Å². The van der Waals surface area contributed by atoms with Crippen LogP contribution in [0.1, 0.15) is 72.4 Å². The fourth-order valence-corrected chi connectivity index (χ4v) is 8.77. The predicted molar refractivity (Wildman–Crippen MR) is 137 cm³/mol. The Hall–Kier alpha value is -1.90. The summed E-state index contributed by atoms with van der Waals surface area (Å²) < 4.78 is 0. The summed E-state index contributed by atoms with van der Waals surface area (Å²) in [4.78, 5) is 0. The molecule has 0 spiro atoms. The molecular formula is C28H40NP. The first-order valence-corrected chi connectivity index (χ1v) is 13.7. The average Bonchev–Trinajstić information content (AvgIpc) is 2.70. The van der Waals surface area contributed by atoms with Gasteiger partial charge in [-0.2, -0.15) is 0 Å². The molecule has 0 bridgehead atoms. The third kappa shape index (κ3) is 5.83. The van der Waals surface area contributed by atoms with Crippen LogP contribution in [-0.4, -0.2) is 12.3 Å². The zero-order chi connectivity index (χ0) is 22.4. The van der Waals surface area contributed by atoms with Crippen LogP contribution in [0, 0.1) is 11.3 Å². The van der Waals surface area contributed by atoms with Crippen LogP contribution in [0.2, 0.25) is 0 Å². The molecule has 0 saturated heterocycles. The summed E-state index contributed by atoms with van der Waals surface area (Å²) in [6.45, 7) is 15.7. The van der Waals surface area contributed by atoms with Gasteiger partial charge in [-0.3, -0.25) is 0 Å². The third-order valence-electron chi connectivity index (χ3n) is 6.20. The molecule has 2 rings (SSSR count). The summed E-state index contributed by atoms with van der Waals surface area (Å²) in [5.74, 6) is 0. The Morgan fingerprint density at radius 2 is 1.23 bits per heavy atom. The van der Waals surface area contributed by atoms with Crippen LogP contribution in [0.5, 0.6) is 0 Å². The van der Waals surface area contributed by atoms with Gasteiger partial charge in [0.05, 0.1) is 0 Å². The number of nitriles is 1. The molecule has 0 aliphatic carbocycles. The molecule has 0 amide bonds. The van der Waals surface area contributed by atoms with Crippen molar-refractivity contribution in [1.29, 1.82) is 5.26 Å². The number of nitrogens with zero attached hydrogens (tertiary/aromatic N) is 1. The molecule has 0 aliphatic rings. The van der Waals surface area contributed by atoms with E-state index in [-0.39, 0.29) is 10.8 Å². The molecule has 30 heavy (non-hydrogen) atoms. The van der Waals surface area contributed by atoms with Gasteiger partial charge in [0.1, 0.15) is 0 Å². The molecule has 2 heteroatoms. The molecule has 2 aromatic carbocycles. The maximum atomic E-state index is 9.18. The van der Waals surface area contributed by atoms with E-state index in [1.165, 1.54) is 21.7 Å². The Morgan fingerprint density at radius 3 is 1.57 bits per heavy atom. The van der Waals surface area contributed by atoms with Gasteiger partial charge >= 0.3 is 185 Å². The van der Waals surface area contributed by atoms with Gasteiger partial charge in [-0.25, -0.2) is 0 Å². The van der Waals surface area contributed by atoms with Crippen LogP contribution in [-0.2, 0) is 10.8 Å². The zero-order valence-corrected chi connectivity index (χ0v) is 21.0. The molecule has 0 saturated carbocycles. The summed E-state index contributed by atoms with van der Waals surface area (Å²) in [6, 6.07) is 21.1. The predicted octanol–water partition coefficient (Wildman–Crippen LogP) is 6.86. The van der Waals surface area contributed by atoms with Crippen molar-refractivity contribution in [2.24, 2.45) is 0 Å². The van der Waals surface area contributed by atoms with Gasteiger partial charge in [-0.05, 0) is 0 Å². The minimum absolute atomic E-state index is 0.154. The Bertz CT molecular complexity index is 811. The van der Waals surface area contributed by atoms with Crippen LogP contribution in [0.15, 0.2) is 60.7 Å². The molecular weight excluding hydrogens is 381 g/mol. The summed E-state index contributed by atoms with van der Waals surface area (Å²) in [5.41, 5.74) is 3.06. The molecule has 0 aliphatic heterocycles.